The van der Waals surface area contributed by atoms with Gasteiger partial charge in [-0.2, -0.15) is 52.1 Å². The number of nitrogens with zero attached hydrogens (tertiary/aromatic N) is 4. The van der Waals surface area contributed by atoms with Gasteiger partial charge in [0.15, 0.2) is 0 Å². The second-order valence-electron chi connectivity index (χ2n) is 15.9. The van der Waals surface area contributed by atoms with Gasteiger partial charge in [-0.25, -0.2) is 4.98 Å². The molecule has 0 N–H and O–H groups in total. The fraction of sp³-hybridized carbons (Fsp3) is 0.391. The van der Waals surface area contributed by atoms with Gasteiger partial charge >= 0.3 is 21.1 Å². The average molecular weight is 856 g/mol. The Balaban J connectivity index is 0.00000448. The summed E-state index contributed by atoms with van der Waals surface area (Å²) in [4.78, 5) is 4.79. The van der Waals surface area contributed by atoms with E-state index in [9.17, 15) is 0 Å². The van der Waals surface area contributed by atoms with Crippen LogP contribution in [-0.4, -0.2) is 19.3 Å². The Labute approximate surface area is 319 Å². The molecule has 266 valence electrons. The topological polar surface area (TPSA) is 35.6 Å². The molecule has 3 atom stereocenters. The largest absolute Gasteiger partial charge is 2.00 e. The van der Waals surface area contributed by atoms with Crippen LogP contribution < -0.4 is 0 Å². The van der Waals surface area contributed by atoms with Gasteiger partial charge < -0.3 is 4.57 Å². The minimum atomic E-state index is 0. The predicted molar refractivity (Wildman–Crippen MR) is 209 cm³/mol. The minimum absolute atomic E-state index is 0. The number of pyridine rings is 1. The van der Waals surface area contributed by atoms with Crippen LogP contribution in [0, 0.1) is 30.9 Å². The summed E-state index contributed by atoms with van der Waals surface area (Å²) < 4.78 is 4.52. The van der Waals surface area contributed by atoms with E-state index in [2.05, 4.69) is 151 Å². The van der Waals surface area contributed by atoms with Crippen LogP contribution in [0.15, 0.2) is 78.5 Å². The zero-order valence-electron chi connectivity index (χ0n) is 31.9. The van der Waals surface area contributed by atoms with Gasteiger partial charge in [0.2, 0.25) is 0 Å². The molecule has 0 spiro atoms. The number of hydrogen-bond donors (Lipinski definition) is 0. The molecule has 0 saturated carbocycles. The van der Waals surface area contributed by atoms with Gasteiger partial charge in [-0.05, 0) is 91.1 Å². The van der Waals surface area contributed by atoms with Crippen molar-refractivity contribution in [2.24, 2.45) is 11.8 Å². The van der Waals surface area contributed by atoms with E-state index in [4.69, 9.17) is 10.1 Å². The van der Waals surface area contributed by atoms with Crippen LogP contribution in [0.5, 0.6) is 0 Å². The first-order chi connectivity index (χ1) is 23.9. The van der Waals surface area contributed by atoms with Gasteiger partial charge in [-0.3, -0.25) is 4.68 Å². The number of allylic oxidation sites excluding steroid dienone is 2. The third-order valence-electron chi connectivity index (χ3n) is 10.7. The van der Waals surface area contributed by atoms with Crippen molar-refractivity contribution in [3.63, 3.8) is 0 Å². The summed E-state index contributed by atoms with van der Waals surface area (Å²) in [7, 11) is 0. The van der Waals surface area contributed by atoms with E-state index in [0.717, 1.165) is 40.1 Å². The molecule has 0 saturated heterocycles. The van der Waals surface area contributed by atoms with Crippen LogP contribution in [0.1, 0.15) is 132 Å². The maximum Gasteiger partial charge on any atom is 2.00 e. The van der Waals surface area contributed by atoms with E-state index >= 15 is 0 Å². The third kappa shape index (κ3) is 6.94. The van der Waals surface area contributed by atoms with Gasteiger partial charge in [0, 0.05) is 28.9 Å². The Kier molecular flexibility index (Phi) is 10.7. The molecular formula is C46H52N4Pt. The molecule has 0 bridgehead atoms. The molecule has 6 aromatic rings. The SMILES string of the molecule is CC1=C[C@H](C)C[C@H](C)C1c1c(C(C)C)nn(-c2[c-]c(Cc3[c-]c4c(cc3)c3ccccc3n4-c3cc(C)ccn3)cc(C(C)C)c2)c1C(C)C.[Pt+2]. The fourth-order valence-corrected chi connectivity index (χ4v) is 8.55. The molecule has 1 aliphatic carbocycles. The zero-order chi connectivity index (χ0) is 35.4. The Hall–Kier alpha value is -3.75. The zero-order valence-corrected chi connectivity index (χ0v) is 34.2. The predicted octanol–water partition coefficient (Wildman–Crippen LogP) is 11.9. The number of fused-ring (bicyclic) bond motifs is 3. The minimum Gasteiger partial charge on any atom is -0.319 e. The van der Waals surface area contributed by atoms with Crippen molar-refractivity contribution in [2.45, 2.75) is 106 Å². The van der Waals surface area contributed by atoms with Crippen LogP contribution in [0.2, 0.25) is 0 Å². The summed E-state index contributed by atoms with van der Waals surface area (Å²) in [5, 5.41) is 7.88. The van der Waals surface area contributed by atoms with Crippen LogP contribution in [0.4, 0.5) is 0 Å². The Morgan fingerprint density at radius 1 is 0.824 bits per heavy atom. The van der Waals surface area contributed by atoms with Gasteiger partial charge in [0.1, 0.15) is 5.82 Å². The van der Waals surface area contributed by atoms with E-state index < -0.39 is 0 Å². The number of hydrogen-bond acceptors (Lipinski definition) is 2. The summed E-state index contributed by atoms with van der Waals surface area (Å²) in [6.07, 6.45) is 6.34. The third-order valence-corrected chi connectivity index (χ3v) is 10.7. The summed E-state index contributed by atoms with van der Waals surface area (Å²) in [6.45, 7) is 23.1. The van der Waals surface area contributed by atoms with Crippen LogP contribution >= 0.6 is 0 Å². The van der Waals surface area contributed by atoms with E-state index in [0.29, 0.717) is 35.5 Å². The fourth-order valence-electron chi connectivity index (χ4n) is 8.55. The van der Waals surface area contributed by atoms with Crippen LogP contribution in [0.3, 0.4) is 0 Å². The van der Waals surface area contributed by atoms with Gasteiger partial charge in [0.25, 0.3) is 0 Å². The second-order valence-corrected chi connectivity index (χ2v) is 15.9. The van der Waals surface area contributed by atoms with Gasteiger partial charge in [0.05, 0.1) is 5.69 Å². The number of para-hydroxylation sites is 1. The van der Waals surface area contributed by atoms with Crippen molar-refractivity contribution in [1.82, 2.24) is 19.3 Å². The number of aryl methyl sites for hydroxylation is 1. The Morgan fingerprint density at radius 2 is 1.59 bits per heavy atom. The van der Waals surface area contributed by atoms with Crippen molar-refractivity contribution in [2.75, 3.05) is 0 Å². The Bertz CT molecular complexity index is 2230. The Morgan fingerprint density at radius 3 is 2.27 bits per heavy atom. The number of aromatic nitrogens is 4. The van der Waals surface area contributed by atoms with Gasteiger partial charge in [-0.1, -0.05) is 90.8 Å². The molecule has 3 heterocycles. The second kappa shape index (κ2) is 14.7. The number of rotatable bonds is 8. The van der Waals surface area contributed by atoms with Gasteiger partial charge in [-0.15, -0.1) is 11.5 Å². The number of benzene rings is 3. The molecule has 0 aliphatic heterocycles. The average Bonchev–Trinajstić information content (AvgIpc) is 3.61. The molecule has 7 rings (SSSR count). The molecule has 3 aromatic heterocycles. The molecule has 5 heteroatoms. The first-order valence-electron chi connectivity index (χ1n) is 18.7. The van der Waals surface area contributed by atoms with Crippen LogP contribution in [0.25, 0.3) is 33.3 Å². The normalized spacial score (nSPS) is 17.9. The monoisotopic (exact) mass is 855 g/mol. The standard InChI is InChI=1S/C46H52N4.Pt/c1-27(2)36-23-35(22-34-15-16-39-38-13-11-12-14-40(38)49(41(39)25-34)42-21-30(7)17-18-47-42)24-37(26-36)50-46(29(5)6)44(45(48-50)28(3)4)43-32(9)19-31(8)20-33(43)10;/h11-19,21,23,26-29,31,33,43H,20,22H2,1-10H3;/q-2;+2/t31-,33-,43?;/m0./s1. The maximum atomic E-state index is 5.47. The van der Waals surface area contributed by atoms with Crippen LogP contribution in [-0.2, 0) is 27.5 Å². The molecule has 0 amide bonds. The van der Waals surface area contributed by atoms with Crippen molar-refractivity contribution in [1.29, 1.82) is 0 Å². The summed E-state index contributed by atoms with van der Waals surface area (Å²) in [6, 6.07) is 29.7. The van der Waals surface area contributed by atoms with E-state index in [1.54, 1.807) is 0 Å². The smallest absolute Gasteiger partial charge is 0.319 e. The molecule has 0 radical (unpaired) electrons. The molecule has 1 aliphatic rings. The van der Waals surface area contributed by atoms with Crippen molar-refractivity contribution in [3.8, 4) is 11.5 Å². The molecular weight excluding hydrogens is 804 g/mol. The molecule has 4 nitrogen and oxygen atoms in total. The summed E-state index contributed by atoms with van der Waals surface area (Å²) >= 11 is 0. The molecule has 0 fully saturated rings. The maximum absolute atomic E-state index is 5.47. The summed E-state index contributed by atoms with van der Waals surface area (Å²) in [5.74, 6) is 3.51. The molecule has 1 unspecified atom stereocenters. The summed E-state index contributed by atoms with van der Waals surface area (Å²) in [5.41, 5.74) is 13.5. The van der Waals surface area contributed by atoms with E-state index in [1.807, 2.05) is 12.3 Å². The first-order valence-corrected chi connectivity index (χ1v) is 18.7. The molecule has 51 heavy (non-hydrogen) atoms. The van der Waals surface area contributed by atoms with E-state index in [-0.39, 0.29) is 21.1 Å². The van der Waals surface area contributed by atoms with Crippen molar-refractivity contribution >= 4 is 21.8 Å². The first kappa shape index (κ1) is 37.0. The molecule has 3 aromatic carbocycles. The van der Waals surface area contributed by atoms with Crippen molar-refractivity contribution < 1.29 is 21.1 Å². The van der Waals surface area contributed by atoms with E-state index in [1.165, 1.54) is 50.8 Å². The van der Waals surface area contributed by atoms with Crippen molar-refractivity contribution in [3.05, 3.63) is 130 Å². The quantitative estimate of drug-likeness (QED) is 0.113.